The number of nitro groups is 1. The Bertz CT molecular complexity index is 712. The minimum absolute atomic E-state index is 0.122. The van der Waals surface area contributed by atoms with E-state index in [2.05, 4.69) is 10.3 Å². The number of carboxylic acids is 1. The summed E-state index contributed by atoms with van der Waals surface area (Å²) in [5, 5.41) is 21.8. The molecule has 2 N–H and O–H groups in total. The number of carboxylic acid groups (broad SMARTS) is 1. The molecule has 0 saturated carbocycles. The number of non-ortho nitro benzene ring substituents is 1. The van der Waals surface area contributed by atoms with Crippen LogP contribution in [0.5, 0.6) is 0 Å². The molecule has 1 amide bonds. The second-order valence-electron chi connectivity index (χ2n) is 3.99. The lowest BCUT2D eigenvalue weighted by molar-refractivity contribution is -0.384. The number of amides is 1. The maximum atomic E-state index is 11.9. The lowest BCUT2D eigenvalue weighted by Crippen LogP contribution is -2.12. The molecule has 0 saturated heterocycles. The average molecular weight is 287 g/mol. The summed E-state index contributed by atoms with van der Waals surface area (Å²) in [5.41, 5.74) is 0.167. The Morgan fingerprint density at radius 2 is 1.86 bits per heavy atom. The third-order valence-corrected chi connectivity index (χ3v) is 2.58. The van der Waals surface area contributed by atoms with Crippen molar-refractivity contribution >= 4 is 23.3 Å². The van der Waals surface area contributed by atoms with Crippen LogP contribution >= 0.6 is 0 Å². The molecule has 1 aromatic heterocycles. The molecule has 0 aliphatic heterocycles. The minimum atomic E-state index is -1.21. The molecule has 2 aromatic rings. The lowest BCUT2D eigenvalue weighted by Gasteiger charge is -2.05. The van der Waals surface area contributed by atoms with Gasteiger partial charge in [0.1, 0.15) is 5.69 Å². The van der Waals surface area contributed by atoms with Crippen LogP contribution in [0.3, 0.4) is 0 Å². The van der Waals surface area contributed by atoms with Gasteiger partial charge in [-0.05, 0) is 24.3 Å². The highest BCUT2D eigenvalue weighted by Crippen LogP contribution is 2.14. The van der Waals surface area contributed by atoms with Gasteiger partial charge in [0.2, 0.25) is 0 Å². The highest BCUT2D eigenvalue weighted by atomic mass is 16.6. The van der Waals surface area contributed by atoms with Gasteiger partial charge in [-0.25, -0.2) is 9.78 Å². The molecule has 106 valence electrons. The first-order valence-corrected chi connectivity index (χ1v) is 5.72. The number of carbonyl (C=O) groups excluding carboxylic acids is 1. The van der Waals surface area contributed by atoms with Crippen LogP contribution in [0.4, 0.5) is 11.4 Å². The Balaban J connectivity index is 2.16. The van der Waals surface area contributed by atoms with E-state index in [0.717, 1.165) is 0 Å². The van der Waals surface area contributed by atoms with Gasteiger partial charge in [-0.15, -0.1) is 0 Å². The molecule has 0 radical (unpaired) electrons. The number of aromatic nitrogens is 1. The van der Waals surface area contributed by atoms with E-state index < -0.39 is 16.8 Å². The summed E-state index contributed by atoms with van der Waals surface area (Å²) in [5.74, 6) is -1.71. The molecule has 0 aliphatic carbocycles. The standard InChI is InChI=1S/C13H9N3O5/c17-12(8-1-3-10(4-2-8)16(20)21)15-9-5-6-14-11(7-9)13(18)19/h1-7H,(H,18,19)(H,14,15,17). The van der Waals surface area contributed by atoms with E-state index in [0.29, 0.717) is 0 Å². The molecule has 8 nitrogen and oxygen atoms in total. The summed E-state index contributed by atoms with van der Waals surface area (Å²) < 4.78 is 0. The molecular formula is C13H9N3O5. The van der Waals surface area contributed by atoms with Gasteiger partial charge in [-0.1, -0.05) is 0 Å². The molecule has 0 fully saturated rings. The van der Waals surface area contributed by atoms with Gasteiger partial charge in [0.05, 0.1) is 4.92 Å². The number of nitrogens with one attached hydrogen (secondary N) is 1. The maximum absolute atomic E-state index is 11.9. The van der Waals surface area contributed by atoms with Crippen LogP contribution in [-0.4, -0.2) is 26.9 Å². The molecule has 0 bridgehead atoms. The number of aromatic carboxylic acids is 1. The number of nitrogens with zero attached hydrogens (tertiary/aromatic N) is 2. The first-order valence-electron chi connectivity index (χ1n) is 5.72. The number of nitro benzene ring substituents is 1. The van der Waals surface area contributed by atoms with Crippen molar-refractivity contribution in [2.24, 2.45) is 0 Å². The van der Waals surface area contributed by atoms with E-state index in [-0.39, 0.29) is 22.6 Å². The van der Waals surface area contributed by atoms with Gasteiger partial charge >= 0.3 is 5.97 Å². The largest absolute Gasteiger partial charge is 0.477 e. The van der Waals surface area contributed by atoms with Crippen LogP contribution in [0.25, 0.3) is 0 Å². The van der Waals surface area contributed by atoms with Crippen molar-refractivity contribution in [3.05, 3.63) is 64.0 Å². The molecule has 1 heterocycles. The zero-order valence-corrected chi connectivity index (χ0v) is 10.5. The van der Waals surface area contributed by atoms with E-state index in [1.54, 1.807) is 0 Å². The first kappa shape index (κ1) is 14.1. The highest BCUT2D eigenvalue weighted by Gasteiger charge is 2.11. The van der Waals surface area contributed by atoms with E-state index in [1.807, 2.05) is 0 Å². The van der Waals surface area contributed by atoms with Crippen molar-refractivity contribution in [1.82, 2.24) is 4.98 Å². The number of benzene rings is 1. The lowest BCUT2D eigenvalue weighted by atomic mass is 10.2. The average Bonchev–Trinajstić information content (AvgIpc) is 2.47. The van der Waals surface area contributed by atoms with Crippen molar-refractivity contribution in [1.29, 1.82) is 0 Å². The molecular weight excluding hydrogens is 278 g/mol. The number of hydrogen-bond acceptors (Lipinski definition) is 5. The Morgan fingerprint density at radius 1 is 1.19 bits per heavy atom. The first-order chi connectivity index (χ1) is 9.97. The summed E-state index contributed by atoms with van der Waals surface area (Å²) >= 11 is 0. The number of anilines is 1. The number of pyridine rings is 1. The van der Waals surface area contributed by atoms with Gasteiger partial charge < -0.3 is 10.4 Å². The van der Waals surface area contributed by atoms with Crippen molar-refractivity contribution < 1.29 is 19.6 Å². The fraction of sp³-hybridized carbons (Fsp3) is 0. The SMILES string of the molecule is O=C(Nc1ccnc(C(=O)O)c1)c1ccc([N+](=O)[O-])cc1. The van der Waals surface area contributed by atoms with Crippen LogP contribution in [0, 0.1) is 10.1 Å². The third-order valence-electron chi connectivity index (χ3n) is 2.58. The smallest absolute Gasteiger partial charge is 0.354 e. The number of carbonyl (C=O) groups is 2. The van der Waals surface area contributed by atoms with Crippen LogP contribution < -0.4 is 5.32 Å². The van der Waals surface area contributed by atoms with Crippen molar-refractivity contribution in [3.8, 4) is 0 Å². The summed E-state index contributed by atoms with van der Waals surface area (Å²) in [6.45, 7) is 0. The second kappa shape index (κ2) is 5.78. The summed E-state index contributed by atoms with van der Waals surface area (Å²) in [7, 11) is 0. The van der Waals surface area contributed by atoms with Crippen LogP contribution in [0.15, 0.2) is 42.6 Å². The van der Waals surface area contributed by atoms with Gasteiger partial charge in [0.25, 0.3) is 11.6 Å². The molecule has 21 heavy (non-hydrogen) atoms. The zero-order valence-electron chi connectivity index (χ0n) is 10.5. The predicted molar refractivity (Wildman–Crippen MR) is 72.2 cm³/mol. The van der Waals surface area contributed by atoms with E-state index in [4.69, 9.17) is 5.11 Å². The van der Waals surface area contributed by atoms with Gasteiger partial charge in [-0.3, -0.25) is 14.9 Å². The van der Waals surface area contributed by atoms with Crippen LogP contribution in [-0.2, 0) is 0 Å². The molecule has 2 rings (SSSR count). The second-order valence-corrected chi connectivity index (χ2v) is 3.99. The molecule has 1 aromatic carbocycles. The summed E-state index contributed by atoms with van der Waals surface area (Å²) in [6.07, 6.45) is 1.26. The summed E-state index contributed by atoms with van der Waals surface area (Å²) in [6, 6.07) is 7.70. The molecule has 8 heteroatoms. The molecule has 0 aliphatic rings. The van der Waals surface area contributed by atoms with Gasteiger partial charge in [0.15, 0.2) is 0 Å². The predicted octanol–water partition coefficient (Wildman–Crippen LogP) is 1.94. The van der Waals surface area contributed by atoms with Gasteiger partial charge in [-0.2, -0.15) is 0 Å². The molecule has 0 spiro atoms. The Hall–Kier alpha value is -3.29. The highest BCUT2D eigenvalue weighted by molar-refractivity contribution is 6.04. The molecule has 0 unspecified atom stereocenters. The molecule has 0 atom stereocenters. The summed E-state index contributed by atoms with van der Waals surface area (Å²) in [4.78, 5) is 36.3. The Kier molecular flexibility index (Phi) is 3.89. The van der Waals surface area contributed by atoms with Crippen molar-refractivity contribution in [3.63, 3.8) is 0 Å². The zero-order chi connectivity index (χ0) is 15.4. The quantitative estimate of drug-likeness (QED) is 0.654. The van der Waals surface area contributed by atoms with Gasteiger partial charge in [0, 0.05) is 29.6 Å². The fourth-order valence-corrected chi connectivity index (χ4v) is 1.56. The van der Waals surface area contributed by atoms with E-state index >= 15 is 0 Å². The maximum Gasteiger partial charge on any atom is 0.354 e. The minimum Gasteiger partial charge on any atom is -0.477 e. The topological polar surface area (TPSA) is 122 Å². The monoisotopic (exact) mass is 287 g/mol. The van der Waals surface area contributed by atoms with Crippen LogP contribution in [0.1, 0.15) is 20.8 Å². The Labute approximate surface area is 118 Å². The van der Waals surface area contributed by atoms with Crippen molar-refractivity contribution in [2.75, 3.05) is 5.32 Å². The Morgan fingerprint density at radius 3 is 2.43 bits per heavy atom. The van der Waals surface area contributed by atoms with E-state index in [1.165, 1.54) is 42.6 Å². The fourth-order valence-electron chi connectivity index (χ4n) is 1.56. The van der Waals surface area contributed by atoms with E-state index in [9.17, 15) is 19.7 Å². The number of hydrogen-bond donors (Lipinski definition) is 2. The number of rotatable bonds is 4. The van der Waals surface area contributed by atoms with Crippen LogP contribution in [0.2, 0.25) is 0 Å². The van der Waals surface area contributed by atoms with Crippen molar-refractivity contribution in [2.45, 2.75) is 0 Å². The third kappa shape index (κ3) is 3.38. The normalized spacial score (nSPS) is 9.90.